The molecule has 0 unspecified atom stereocenters. The Labute approximate surface area is 124 Å². The van der Waals surface area contributed by atoms with Crippen LogP contribution in [0.5, 0.6) is 11.5 Å². The number of hydrogen-bond acceptors (Lipinski definition) is 6. The van der Waals surface area contributed by atoms with Gasteiger partial charge in [0.05, 0.1) is 14.2 Å². The molecule has 0 aliphatic carbocycles. The second-order valence-corrected chi connectivity index (χ2v) is 4.69. The molecule has 7 nitrogen and oxygen atoms in total. The van der Waals surface area contributed by atoms with Crippen LogP contribution in [0.4, 0.5) is 5.13 Å². The Bertz CT molecular complexity index is 661. The molecule has 1 aromatic heterocycles. The number of rotatable bonds is 5. The number of aromatic nitrogens is 1. The first-order valence-corrected chi connectivity index (χ1v) is 6.66. The molecule has 0 aliphatic rings. The predicted octanol–water partition coefficient (Wildman–Crippen LogP) is 2.11. The highest BCUT2D eigenvalue weighted by Gasteiger charge is 2.19. The summed E-state index contributed by atoms with van der Waals surface area (Å²) in [7, 11) is 2.88. The maximum absolute atomic E-state index is 12.3. The fourth-order valence-corrected chi connectivity index (χ4v) is 2.34. The largest absolute Gasteiger partial charge is 0.496 e. The molecule has 2 aromatic rings. The van der Waals surface area contributed by atoms with Crippen molar-refractivity contribution in [2.75, 3.05) is 19.5 Å². The monoisotopic (exact) mass is 308 g/mol. The van der Waals surface area contributed by atoms with Gasteiger partial charge in [0.25, 0.3) is 5.91 Å². The second kappa shape index (κ2) is 6.23. The van der Waals surface area contributed by atoms with Crippen LogP contribution in [0.2, 0.25) is 0 Å². The molecular formula is C13H12N2O5S. The summed E-state index contributed by atoms with van der Waals surface area (Å²) in [5.74, 6) is -0.944. The van der Waals surface area contributed by atoms with Crippen LogP contribution in [-0.2, 0) is 0 Å². The van der Waals surface area contributed by atoms with Crippen molar-refractivity contribution in [2.45, 2.75) is 0 Å². The molecule has 2 N–H and O–H groups in total. The third-order valence-electron chi connectivity index (χ3n) is 2.60. The summed E-state index contributed by atoms with van der Waals surface area (Å²) in [5, 5.41) is 12.9. The standard InChI is InChI=1S/C13H12N2O5S/c1-19-8-4-3-5-9(20-2)10(8)11(16)15-13-14-7(6-21-13)12(17)18/h3-6H,1-2H3,(H,17,18)(H,14,15,16). The van der Waals surface area contributed by atoms with Crippen molar-refractivity contribution in [3.8, 4) is 11.5 Å². The van der Waals surface area contributed by atoms with Crippen LogP contribution in [0, 0.1) is 0 Å². The number of amides is 1. The molecule has 110 valence electrons. The van der Waals surface area contributed by atoms with Gasteiger partial charge in [-0.25, -0.2) is 9.78 Å². The number of thiazole rings is 1. The van der Waals surface area contributed by atoms with Crippen molar-refractivity contribution >= 4 is 28.3 Å². The maximum atomic E-state index is 12.3. The smallest absolute Gasteiger partial charge is 0.355 e. The number of nitrogens with one attached hydrogen (secondary N) is 1. The molecular weight excluding hydrogens is 296 g/mol. The average molecular weight is 308 g/mol. The van der Waals surface area contributed by atoms with Crippen molar-refractivity contribution in [1.82, 2.24) is 4.98 Å². The van der Waals surface area contributed by atoms with E-state index in [9.17, 15) is 9.59 Å². The zero-order chi connectivity index (χ0) is 15.4. The molecule has 2 rings (SSSR count). The number of benzene rings is 1. The number of nitrogens with zero attached hydrogens (tertiary/aromatic N) is 1. The lowest BCUT2D eigenvalue weighted by molar-refractivity contribution is 0.0691. The summed E-state index contributed by atoms with van der Waals surface area (Å²) in [6, 6.07) is 4.95. The molecule has 0 saturated carbocycles. The molecule has 1 aromatic carbocycles. The van der Waals surface area contributed by atoms with Gasteiger partial charge in [0.2, 0.25) is 0 Å². The highest BCUT2D eigenvalue weighted by molar-refractivity contribution is 7.14. The number of carbonyl (C=O) groups excluding carboxylic acids is 1. The lowest BCUT2D eigenvalue weighted by atomic mass is 10.1. The normalized spacial score (nSPS) is 10.0. The Balaban J connectivity index is 2.29. The van der Waals surface area contributed by atoms with Crippen LogP contribution in [0.1, 0.15) is 20.8 Å². The van der Waals surface area contributed by atoms with E-state index >= 15 is 0 Å². The number of aromatic carboxylic acids is 1. The minimum absolute atomic E-state index is 0.123. The number of hydrogen-bond donors (Lipinski definition) is 2. The first kappa shape index (κ1) is 14.8. The van der Waals surface area contributed by atoms with Crippen molar-refractivity contribution in [2.24, 2.45) is 0 Å². The first-order chi connectivity index (χ1) is 10.1. The number of methoxy groups -OCH3 is 2. The molecule has 0 aliphatic heterocycles. The highest BCUT2D eigenvalue weighted by Crippen LogP contribution is 2.29. The molecule has 21 heavy (non-hydrogen) atoms. The SMILES string of the molecule is COc1cccc(OC)c1C(=O)Nc1nc(C(=O)O)cs1. The van der Waals surface area contributed by atoms with E-state index in [1.165, 1.54) is 19.6 Å². The van der Waals surface area contributed by atoms with Crippen molar-refractivity contribution < 1.29 is 24.2 Å². The number of carboxylic acids is 1. The van der Waals surface area contributed by atoms with Gasteiger partial charge in [0.1, 0.15) is 17.1 Å². The van der Waals surface area contributed by atoms with E-state index in [4.69, 9.17) is 14.6 Å². The van der Waals surface area contributed by atoms with Gasteiger partial charge in [-0.3, -0.25) is 10.1 Å². The third-order valence-corrected chi connectivity index (χ3v) is 3.36. The summed E-state index contributed by atoms with van der Waals surface area (Å²) in [4.78, 5) is 26.9. The van der Waals surface area contributed by atoms with Gasteiger partial charge in [-0.2, -0.15) is 0 Å². The average Bonchev–Trinajstić information content (AvgIpc) is 2.94. The van der Waals surface area contributed by atoms with E-state index in [1.54, 1.807) is 18.2 Å². The number of carboxylic acid groups (broad SMARTS) is 1. The molecule has 0 bridgehead atoms. The van der Waals surface area contributed by atoms with Crippen LogP contribution >= 0.6 is 11.3 Å². The topological polar surface area (TPSA) is 97.8 Å². The third kappa shape index (κ3) is 3.11. The predicted molar refractivity (Wildman–Crippen MR) is 76.6 cm³/mol. The summed E-state index contributed by atoms with van der Waals surface area (Å²) >= 11 is 1.02. The zero-order valence-corrected chi connectivity index (χ0v) is 12.1. The summed E-state index contributed by atoms with van der Waals surface area (Å²) < 4.78 is 10.3. The molecule has 1 heterocycles. The van der Waals surface area contributed by atoms with Crippen LogP contribution in [0.15, 0.2) is 23.6 Å². The molecule has 1 amide bonds. The second-order valence-electron chi connectivity index (χ2n) is 3.83. The quantitative estimate of drug-likeness (QED) is 0.878. The summed E-state index contributed by atoms with van der Waals surface area (Å²) in [6.07, 6.45) is 0. The van der Waals surface area contributed by atoms with Crippen LogP contribution in [0.25, 0.3) is 0 Å². The summed E-state index contributed by atoms with van der Waals surface area (Å²) in [6.45, 7) is 0. The fraction of sp³-hybridized carbons (Fsp3) is 0.154. The van der Waals surface area contributed by atoms with E-state index < -0.39 is 11.9 Å². The molecule has 0 atom stereocenters. The van der Waals surface area contributed by atoms with Gasteiger partial charge in [0, 0.05) is 5.38 Å². The van der Waals surface area contributed by atoms with Crippen LogP contribution in [0.3, 0.4) is 0 Å². The van der Waals surface area contributed by atoms with Gasteiger partial charge in [-0.15, -0.1) is 11.3 Å². The minimum Gasteiger partial charge on any atom is -0.496 e. The molecule has 8 heteroatoms. The lowest BCUT2D eigenvalue weighted by Crippen LogP contribution is -2.14. The summed E-state index contributed by atoms with van der Waals surface area (Å²) in [5.41, 5.74) is 0.0943. The number of anilines is 1. The van der Waals surface area contributed by atoms with E-state index in [0.717, 1.165) is 11.3 Å². The lowest BCUT2D eigenvalue weighted by Gasteiger charge is -2.11. The Morgan fingerprint density at radius 1 is 1.24 bits per heavy atom. The Hall–Kier alpha value is -2.61. The van der Waals surface area contributed by atoms with Gasteiger partial charge in [0.15, 0.2) is 10.8 Å². The number of ether oxygens (including phenoxy) is 2. The highest BCUT2D eigenvalue weighted by atomic mass is 32.1. The minimum atomic E-state index is -1.15. The van der Waals surface area contributed by atoms with Crippen LogP contribution < -0.4 is 14.8 Å². The Kier molecular flexibility index (Phi) is 4.39. The van der Waals surface area contributed by atoms with Crippen molar-refractivity contribution in [3.63, 3.8) is 0 Å². The molecule has 0 spiro atoms. The van der Waals surface area contributed by atoms with E-state index in [-0.39, 0.29) is 16.4 Å². The van der Waals surface area contributed by atoms with E-state index in [1.807, 2.05) is 0 Å². The molecule has 0 saturated heterocycles. The van der Waals surface area contributed by atoms with Gasteiger partial charge >= 0.3 is 5.97 Å². The first-order valence-electron chi connectivity index (χ1n) is 5.78. The van der Waals surface area contributed by atoms with Crippen LogP contribution in [-0.4, -0.2) is 36.2 Å². The zero-order valence-electron chi connectivity index (χ0n) is 11.2. The van der Waals surface area contributed by atoms with Gasteiger partial charge < -0.3 is 14.6 Å². The Morgan fingerprint density at radius 2 is 1.86 bits per heavy atom. The van der Waals surface area contributed by atoms with Crippen molar-refractivity contribution in [1.29, 1.82) is 0 Å². The van der Waals surface area contributed by atoms with Gasteiger partial charge in [-0.05, 0) is 12.1 Å². The number of carbonyl (C=O) groups is 2. The van der Waals surface area contributed by atoms with Gasteiger partial charge in [-0.1, -0.05) is 6.07 Å². The van der Waals surface area contributed by atoms with E-state index in [2.05, 4.69) is 10.3 Å². The maximum Gasteiger partial charge on any atom is 0.355 e. The Morgan fingerprint density at radius 3 is 2.33 bits per heavy atom. The molecule has 0 fully saturated rings. The molecule has 0 radical (unpaired) electrons. The van der Waals surface area contributed by atoms with E-state index in [0.29, 0.717) is 11.5 Å². The fourth-order valence-electron chi connectivity index (χ4n) is 1.66. The van der Waals surface area contributed by atoms with Crippen molar-refractivity contribution in [3.05, 3.63) is 34.8 Å².